The van der Waals surface area contributed by atoms with Gasteiger partial charge in [-0.1, -0.05) is 44.0 Å². The second-order valence-corrected chi connectivity index (χ2v) is 12.0. The summed E-state index contributed by atoms with van der Waals surface area (Å²) in [6, 6.07) is 8.72. The third kappa shape index (κ3) is 4.85. The van der Waals surface area contributed by atoms with Gasteiger partial charge in [0.1, 0.15) is 0 Å². The molecule has 28 heavy (non-hydrogen) atoms. The molecule has 0 amide bonds. The van der Waals surface area contributed by atoms with Crippen LogP contribution >= 0.6 is 31.9 Å². The van der Waals surface area contributed by atoms with Gasteiger partial charge in [0.05, 0.1) is 9.79 Å². The van der Waals surface area contributed by atoms with Crippen LogP contribution in [0.15, 0.2) is 55.1 Å². The first-order valence-electron chi connectivity index (χ1n) is 8.42. The molecule has 0 aliphatic carbocycles. The molecule has 2 N–H and O–H groups in total. The van der Waals surface area contributed by atoms with Gasteiger partial charge in [0.25, 0.3) is 0 Å². The zero-order valence-corrected chi connectivity index (χ0v) is 20.7. The summed E-state index contributed by atoms with van der Waals surface area (Å²) in [5, 5.41) is 5.39. The molecule has 154 valence electrons. The molecule has 0 spiro atoms. The van der Waals surface area contributed by atoms with Gasteiger partial charge in [0.15, 0.2) is 0 Å². The summed E-state index contributed by atoms with van der Waals surface area (Å²) in [6.07, 6.45) is 0. The van der Waals surface area contributed by atoms with Crippen molar-refractivity contribution in [2.75, 3.05) is 0 Å². The summed E-state index contributed by atoms with van der Waals surface area (Å²) >= 11 is 6.56. The van der Waals surface area contributed by atoms with Crippen LogP contribution in [0.3, 0.4) is 0 Å². The molecule has 0 fully saturated rings. The van der Waals surface area contributed by atoms with Crippen molar-refractivity contribution >= 4 is 51.9 Å². The van der Waals surface area contributed by atoms with Crippen LogP contribution in [0.4, 0.5) is 0 Å². The zero-order valence-electron chi connectivity index (χ0n) is 15.8. The molecular weight excluding hydrogens is 532 g/mol. The predicted molar refractivity (Wildman–Crippen MR) is 118 cm³/mol. The number of benzene rings is 2. The molecule has 0 atom stereocenters. The molecule has 0 aromatic heterocycles. The van der Waals surface area contributed by atoms with Gasteiger partial charge in [-0.05, 0) is 52.0 Å². The fraction of sp³-hybridized carbons (Fsp3) is 0.333. The molecule has 2 aromatic rings. The Hall–Kier alpha value is -0.780. The van der Waals surface area contributed by atoms with Gasteiger partial charge in [-0.15, -0.1) is 0 Å². The summed E-state index contributed by atoms with van der Waals surface area (Å²) in [6.45, 7) is 7.18. The van der Waals surface area contributed by atoms with Crippen LogP contribution in [-0.2, 0) is 20.0 Å². The summed E-state index contributed by atoms with van der Waals surface area (Å²) in [7, 11) is -8.00. The molecular formula is C18H22Br2N2O4S2. The zero-order chi connectivity index (χ0) is 21.4. The molecule has 0 aliphatic heterocycles. The largest absolute Gasteiger partial charge is 0.244 e. The Labute approximate surface area is 183 Å². The molecule has 2 aromatic carbocycles. The molecule has 10 heteroatoms. The summed E-state index contributed by atoms with van der Waals surface area (Å²) < 4.78 is 53.8. The number of sulfonamides is 2. The Balaban J connectivity index is 2.89. The minimum atomic E-state index is -4.08. The molecule has 0 unspecified atom stereocenters. The highest BCUT2D eigenvalue weighted by molar-refractivity contribution is 9.10. The van der Waals surface area contributed by atoms with Crippen molar-refractivity contribution in [1.29, 1.82) is 0 Å². The van der Waals surface area contributed by atoms with Gasteiger partial charge in [-0.25, -0.2) is 22.0 Å². The normalized spacial score (nSPS) is 12.9. The monoisotopic (exact) mass is 552 g/mol. The van der Waals surface area contributed by atoms with Crippen molar-refractivity contribution in [2.45, 2.75) is 49.6 Å². The van der Waals surface area contributed by atoms with E-state index in [1.165, 1.54) is 16.4 Å². The molecule has 0 saturated carbocycles. The van der Waals surface area contributed by atoms with E-state index in [0.29, 0.717) is 8.95 Å². The number of primary sulfonamides is 1. The first-order chi connectivity index (χ1) is 12.8. The van der Waals surface area contributed by atoms with Crippen LogP contribution in [-0.4, -0.2) is 33.2 Å². The third-order valence-corrected chi connectivity index (χ3v) is 8.29. The Morgan fingerprint density at radius 2 is 1.18 bits per heavy atom. The van der Waals surface area contributed by atoms with E-state index in [-0.39, 0.29) is 33.0 Å². The van der Waals surface area contributed by atoms with E-state index in [9.17, 15) is 16.8 Å². The van der Waals surface area contributed by atoms with E-state index in [2.05, 4.69) is 31.9 Å². The van der Waals surface area contributed by atoms with Gasteiger partial charge < -0.3 is 0 Å². The van der Waals surface area contributed by atoms with Gasteiger partial charge in [0, 0.05) is 32.2 Å². The van der Waals surface area contributed by atoms with Crippen LogP contribution in [0.5, 0.6) is 0 Å². The SMILES string of the molecule is CC(C)N(C(C)C)S(=O)(=O)c1cc(Br)ccc1-c1ccc(Br)cc1S(N)(=O)=O. The fourth-order valence-corrected chi connectivity index (χ4v) is 7.02. The minimum absolute atomic E-state index is 0.0106. The smallest absolute Gasteiger partial charge is 0.225 e. The van der Waals surface area contributed by atoms with Crippen LogP contribution in [0.2, 0.25) is 0 Å². The molecule has 0 aliphatic rings. The number of rotatable bonds is 6. The minimum Gasteiger partial charge on any atom is -0.225 e. The highest BCUT2D eigenvalue weighted by Gasteiger charge is 2.32. The van der Waals surface area contributed by atoms with Crippen molar-refractivity contribution in [3.8, 4) is 11.1 Å². The topological polar surface area (TPSA) is 97.5 Å². The lowest BCUT2D eigenvalue weighted by Gasteiger charge is -2.30. The van der Waals surface area contributed by atoms with Crippen molar-refractivity contribution in [3.63, 3.8) is 0 Å². The van der Waals surface area contributed by atoms with Gasteiger partial charge in [0.2, 0.25) is 20.0 Å². The summed E-state index contributed by atoms with van der Waals surface area (Å²) in [5.74, 6) is 0. The molecule has 0 saturated heterocycles. The maximum absolute atomic E-state index is 13.5. The lowest BCUT2D eigenvalue weighted by atomic mass is 10.1. The van der Waals surface area contributed by atoms with Crippen LogP contribution in [0.25, 0.3) is 11.1 Å². The quantitative estimate of drug-likeness (QED) is 0.575. The lowest BCUT2D eigenvalue weighted by molar-refractivity contribution is 0.302. The number of hydrogen-bond donors (Lipinski definition) is 1. The molecule has 0 heterocycles. The lowest BCUT2D eigenvalue weighted by Crippen LogP contribution is -2.42. The summed E-state index contributed by atoms with van der Waals surface area (Å²) in [5.41, 5.74) is 0.496. The number of nitrogens with two attached hydrogens (primary N) is 1. The van der Waals surface area contributed by atoms with Crippen LogP contribution in [0.1, 0.15) is 27.7 Å². The number of halogens is 2. The summed E-state index contributed by atoms with van der Waals surface area (Å²) in [4.78, 5) is -0.141. The number of hydrogen-bond acceptors (Lipinski definition) is 4. The Kier molecular flexibility index (Phi) is 7.16. The second-order valence-electron chi connectivity index (χ2n) is 6.85. The Morgan fingerprint density at radius 3 is 1.57 bits per heavy atom. The van der Waals surface area contributed by atoms with Crippen LogP contribution < -0.4 is 5.14 Å². The van der Waals surface area contributed by atoms with E-state index >= 15 is 0 Å². The molecule has 6 nitrogen and oxygen atoms in total. The van der Waals surface area contributed by atoms with E-state index in [0.717, 1.165) is 0 Å². The average Bonchev–Trinajstić information content (AvgIpc) is 2.53. The average molecular weight is 554 g/mol. The molecule has 0 bridgehead atoms. The third-order valence-electron chi connectivity index (χ3n) is 4.06. The Bertz CT molecular complexity index is 1090. The van der Waals surface area contributed by atoms with Crippen molar-refractivity contribution in [1.82, 2.24) is 4.31 Å². The standard InChI is InChI=1S/C18H22Br2N2O4S2/c1-11(2)22(12(3)4)28(25,26)18-10-14(20)6-8-16(18)15-7-5-13(19)9-17(15)27(21,23)24/h5-12H,1-4H3,(H2,21,23,24). The highest BCUT2D eigenvalue weighted by atomic mass is 79.9. The van der Waals surface area contributed by atoms with E-state index in [1.807, 2.05) is 0 Å². The fourth-order valence-electron chi connectivity index (χ4n) is 3.15. The highest BCUT2D eigenvalue weighted by Crippen LogP contribution is 2.37. The predicted octanol–water partition coefficient (Wildman–Crippen LogP) is 4.33. The maximum atomic E-state index is 13.5. The number of nitrogens with zero attached hydrogens (tertiary/aromatic N) is 1. The van der Waals surface area contributed by atoms with Crippen molar-refractivity contribution in [3.05, 3.63) is 45.3 Å². The molecule has 2 rings (SSSR count). The second kappa shape index (κ2) is 8.53. The van der Waals surface area contributed by atoms with Crippen molar-refractivity contribution < 1.29 is 16.8 Å². The Morgan fingerprint density at radius 1 is 0.786 bits per heavy atom. The van der Waals surface area contributed by atoms with E-state index in [4.69, 9.17) is 5.14 Å². The van der Waals surface area contributed by atoms with Gasteiger partial charge >= 0.3 is 0 Å². The van der Waals surface area contributed by atoms with Gasteiger partial charge in [-0.2, -0.15) is 4.31 Å². The van der Waals surface area contributed by atoms with Gasteiger partial charge in [-0.3, -0.25) is 0 Å². The molecule has 0 radical (unpaired) electrons. The first kappa shape index (κ1) is 23.5. The van der Waals surface area contributed by atoms with Crippen LogP contribution in [0, 0.1) is 0 Å². The van der Waals surface area contributed by atoms with E-state index in [1.54, 1.807) is 52.0 Å². The first-order valence-corrected chi connectivity index (χ1v) is 13.0. The van der Waals surface area contributed by atoms with Crippen molar-refractivity contribution in [2.24, 2.45) is 5.14 Å². The van der Waals surface area contributed by atoms with E-state index < -0.39 is 20.0 Å². The maximum Gasteiger partial charge on any atom is 0.244 e.